The predicted molar refractivity (Wildman–Crippen MR) is 89.9 cm³/mol. The van der Waals surface area contributed by atoms with Gasteiger partial charge in [0.25, 0.3) is 0 Å². The van der Waals surface area contributed by atoms with E-state index in [4.69, 9.17) is 9.47 Å². The molecular weight excluding hydrogens is 306 g/mol. The molecule has 0 radical (unpaired) electrons. The summed E-state index contributed by atoms with van der Waals surface area (Å²) < 4.78 is 11.3. The summed E-state index contributed by atoms with van der Waals surface area (Å²) in [5, 5.41) is 10.5. The fraction of sp³-hybridized carbons (Fsp3) is 0.588. The Bertz CT molecular complexity index is 700. The molecule has 24 heavy (non-hydrogen) atoms. The van der Waals surface area contributed by atoms with Crippen LogP contribution in [0.4, 0.5) is 0 Å². The maximum Gasteiger partial charge on any atom is 0.216 e. The van der Waals surface area contributed by atoms with Gasteiger partial charge in [-0.25, -0.2) is 9.97 Å². The van der Waals surface area contributed by atoms with Crippen molar-refractivity contribution in [2.24, 2.45) is 0 Å². The molecule has 0 saturated carbocycles. The predicted octanol–water partition coefficient (Wildman–Crippen LogP) is 2.14. The van der Waals surface area contributed by atoms with E-state index in [1.54, 1.807) is 7.11 Å². The van der Waals surface area contributed by atoms with Crippen molar-refractivity contribution >= 4 is 0 Å². The van der Waals surface area contributed by atoms with E-state index in [1.807, 2.05) is 13.8 Å². The Morgan fingerprint density at radius 1 is 1.25 bits per heavy atom. The fourth-order valence-electron chi connectivity index (χ4n) is 3.06. The quantitative estimate of drug-likeness (QED) is 0.843. The molecule has 1 aliphatic heterocycles. The lowest BCUT2D eigenvalue weighted by atomic mass is 10.1. The Morgan fingerprint density at radius 2 is 2.08 bits per heavy atom. The number of nitrogens with one attached hydrogen (secondary N) is 2. The summed E-state index contributed by atoms with van der Waals surface area (Å²) in [5.74, 6) is 2.27. The van der Waals surface area contributed by atoms with Crippen molar-refractivity contribution in [2.75, 3.05) is 13.7 Å². The monoisotopic (exact) mass is 331 g/mol. The summed E-state index contributed by atoms with van der Waals surface area (Å²) in [5.41, 5.74) is 3.24. The summed E-state index contributed by atoms with van der Waals surface area (Å²) in [7, 11) is 1.65. The number of hydrogen-bond acceptors (Lipinski definition) is 6. The van der Waals surface area contributed by atoms with Gasteiger partial charge in [0.2, 0.25) is 5.88 Å². The van der Waals surface area contributed by atoms with Gasteiger partial charge in [0.1, 0.15) is 11.9 Å². The third kappa shape index (κ3) is 3.73. The zero-order valence-corrected chi connectivity index (χ0v) is 14.7. The molecule has 130 valence electrons. The first-order valence-electron chi connectivity index (χ1n) is 8.33. The molecular formula is C17H25N5O2. The van der Waals surface area contributed by atoms with Gasteiger partial charge in [-0.15, -0.1) is 0 Å². The first-order chi connectivity index (χ1) is 11.6. The maximum atomic E-state index is 6.04. The van der Waals surface area contributed by atoms with Gasteiger partial charge in [-0.3, -0.25) is 5.10 Å². The smallest absolute Gasteiger partial charge is 0.216 e. The van der Waals surface area contributed by atoms with Crippen LogP contribution in [0.3, 0.4) is 0 Å². The molecule has 1 fully saturated rings. The molecule has 3 heterocycles. The van der Waals surface area contributed by atoms with Crippen LogP contribution in [0.1, 0.15) is 47.4 Å². The third-order valence-corrected chi connectivity index (χ3v) is 4.33. The van der Waals surface area contributed by atoms with Crippen molar-refractivity contribution < 1.29 is 9.47 Å². The minimum absolute atomic E-state index is 0.00100. The van der Waals surface area contributed by atoms with E-state index in [9.17, 15) is 0 Å². The lowest BCUT2D eigenvalue weighted by molar-refractivity contribution is 0.0400. The number of hydrogen-bond donors (Lipinski definition) is 2. The average Bonchev–Trinajstić information content (AvgIpc) is 3.18. The van der Waals surface area contributed by atoms with Crippen LogP contribution in [0.15, 0.2) is 6.07 Å². The molecule has 1 saturated heterocycles. The molecule has 0 bridgehead atoms. The average molecular weight is 331 g/mol. The molecule has 3 rings (SSSR count). The zero-order chi connectivity index (χ0) is 17.1. The van der Waals surface area contributed by atoms with Crippen LogP contribution in [-0.4, -0.2) is 39.9 Å². The molecule has 7 nitrogen and oxygen atoms in total. The molecule has 2 N–H and O–H groups in total. The number of aromatic amines is 1. The van der Waals surface area contributed by atoms with Gasteiger partial charge < -0.3 is 14.8 Å². The van der Waals surface area contributed by atoms with Crippen LogP contribution in [0.25, 0.3) is 0 Å². The molecule has 2 aromatic rings. The standard InChI is InChI=1S/C17H25N5O2/c1-10-7-11(2)17(23-4)20-14(10)9-18-8-13-5-6-15(24-13)16-19-12(3)21-22-16/h7,13,15,18H,5-6,8-9H2,1-4H3,(H,19,21,22)/t13-,15+/m1/s1. The highest BCUT2D eigenvalue weighted by molar-refractivity contribution is 5.32. The maximum absolute atomic E-state index is 6.04. The minimum atomic E-state index is 0.00100. The Labute approximate surface area is 142 Å². The molecule has 0 aromatic carbocycles. The summed E-state index contributed by atoms with van der Waals surface area (Å²) in [6.07, 6.45) is 2.15. The normalized spacial score (nSPS) is 20.5. The van der Waals surface area contributed by atoms with Crippen molar-refractivity contribution in [3.8, 4) is 5.88 Å². The fourth-order valence-corrected chi connectivity index (χ4v) is 3.06. The first-order valence-corrected chi connectivity index (χ1v) is 8.33. The summed E-state index contributed by atoms with van der Waals surface area (Å²) in [4.78, 5) is 8.93. The SMILES string of the molecule is COc1nc(CNC[C@H]2CC[C@@H](c3n[nH]c(C)n3)O2)c(C)cc1C. The summed E-state index contributed by atoms with van der Waals surface area (Å²) in [6.45, 7) is 7.47. The molecule has 1 aliphatic rings. The Balaban J connectivity index is 1.51. The molecule has 2 aromatic heterocycles. The van der Waals surface area contributed by atoms with Gasteiger partial charge in [0.05, 0.1) is 18.9 Å². The van der Waals surface area contributed by atoms with Gasteiger partial charge in [-0.05, 0) is 45.2 Å². The molecule has 0 unspecified atom stereocenters. The van der Waals surface area contributed by atoms with Gasteiger partial charge in [-0.1, -0.05) is 0 Å². The zero-order valence-electron chi connectivity index (χ0n) is 14.7. The van der Waals surface area contributed by atoms with Crippen LogP contribution < -0.4 is 10.1 Å². The summed E-state index contributed by atoms with van der Waals surface area (Å²) in [6, 6.07) is 2.11. The highest BCUT2D eigenvalue weighted by Gasteiger charge is 2.28. The van der Waals surface area contributed by atoms with E-state index in [0.717, 1.165) is 42.3 Å². The highest BCUT2D eigenvalue weighted by atomic mass is 16.5. The number of aromatic nitrogens is 4. The van der Waals surface area contributed by atoms with E-state index >= 15 is 0 Å². The third-order valence-electron chi connectivity index (χ3n) is 4.33. The largest absolute Gasteiger partial charge is 0.481 e. The number of aryl methyl sites for hydroxylation is 3. The van der Waals surface area contributed by atoms with Crippen molar-refractivity contribution in [3.63, 3.8) is 0 Å². The van der Waals surface area contributed by atoms with E-state index < -0.39 is 0 Å². The number of pyridine rings is 1. The van der Waals surface area contributed by atoms with E-state index in [2.05, 4.69) is 38.5 Å². The van der Waals surface area contributed by atoms with Gasteiger partial charge in [0.15, 0.2) is 5.82 Å². The van der Waals surface area contributed by atoms with Crippen molar-refractivity contribution in [1.29, 1.82) is 0 Å². The van der Waals surface area contributed by atoms with Crippen LogP contribution >= 0.6 is 0 Å². The molecule has 7 heteroatoms. The number of ether oxygens (including phenoxy) is 2. The van der Waals surface area contributed by atoms with Crippen molar-refractivity contribution in [3.05, 3.63) is 34.5 Å². The lowest BCUT2D eigenvalue weighted by Gasteiger charge is -2.14. The minimum Gasteiger partial charge on any atom is -0.481 e. The Morgan fingerprint density at radius 3 is 2.79 bits per heavy atom. The number of methoxy groups -OCH3 is 1. The Hall–Kier alpha value is -1.99. The van der Waals surface area contributed by atoms with Gasteiger partial charge >= 0.3 is 0 Å². The highest BCUT2D eigenvalue weighted by Crippen LogP contribution is 2.30. The second kappa shape index (κ2) is 7.27. The molecule has 0 aliphatic carbocycles. The number of nitrogens with zero attached hydrogens (tertiary/aromatic N) is 3. The van der Waals surface area contributed by atoms with Gasteiger partial charge in [0, 0.05) is 18.7 Å². The van der Waals surface area contributed by atoms with Crippen LogP contribution in [0, 0.1) is 20.8 Å². The van der Waals surface area contributed by atoms with Crippen LogP contribution in [0.5, 0.6) is 5.88 Å². The number of H-pyrrole nitrogens is 1. The van der Waals surface area contributed by atoms with Crippen LogP contribution in [0.2, 0.25) is 0 Å². The van der Waals surface area contributed by atoms with Crippen LogP contribution in [-0.2, 0) is 11.3 Å². The Kier molecular flexibility index (Phi) is 5.11. The van der Waals surface area contributed by atoms with Crippen molar-refractivity contribution in [2.45, 2.75) is 52.4 Å². The summed E-state index contributed by atoms with van der Waals surface area (Å²) >= 11 is 0. The molecule has 0 spiro atoms. The second-order valence-electron chi connectivity index (χ2n) is 6.31. The number of rotatable bonds is 6. The molecule has 0 amide bonds. The van der Waals surface area contributed by atoms with Gasteiger partial charge in [-0.2, -0.15) is 5.10 Å². The lowest BCUT2D eigenvalue weighted by Crippen LogP contribution is -2.27. The van der Waals surface area contributed by atoms with E-state index in [0.29, 0.717) is 12.4 Å². The van der Waals surface area contributed by atoms with E-state index in [-0.39, 0.29) is 12.2 Å². The molecule has 2 atom stereocenters. The topological polar surface area (TPSA) is 85.0 Å². The van der Waals surface area contributed by atoms with Crippen molar-refractivity contribution in [1.82, 2.24) is 25.5 Å². The van der Waals surface area contributed by atoms with E-state index in [1.165, 1.54) is 5.56 Å². The second-order valence-corrected chi connectivity index (χ2v) is 6.31. The first kappa shape index (κ1) is 16.9.